The number of anilines is 2. The Bertz CT molecular complexity index is 625. The average molecular weight is 294 g/mol. The van der Waals surface area contributed by atoms with Crippen LogP contribution in [-0.2, 0) is 6.54 Å². The fourth-order valence-electron chi connectivity index (χ4n) is 1.94. The van der Waals surface area contributed by atoms with E-state index in [0.717, 1.165) is 17.7 Å². The van der Waals surface area contributed by atoms with Crippen molar-refractivity contribution in [2.24, 2.45) is 0 Å². The maximum absolute atomic E-state index is 13.7. The number of ether oxygens (including phenoxy) is 2. The third-order valence-electron chi connectivity index (χ3n) is 3.01. The number of nitrogens with two attached hydrogens (primary N) is 1. The molecule has 0 unspecified atom stereocenters. The van der Waals surface area contributed by atoms with E-state index in [0.29, 0.717) is 11.5 Å². The summed E-state index contributed by atoms with van der Waals surface area (Å²) in [5.41, 5.74) is 5.94. The van der Waals surface area contributed by atoms with E-state index in [1.807, 2.05) is 0 Å². The number of methoxy groups -OCH3 is 2. The summed E-state index contributed by atoms with van der Waals surface area (Å²) >= 11 is 0. The van der Waals surface area contributed by atoms with E-state index in [-0.39, 0.29) is 17.9 Å². The van der Waals surface area contributed by atoms with E-state index in [1.54, 1.807) is 25.3 Å². The summed E-state index contributed by atoms with van der Waals surface area (Å²) in [4.78, 5) is 0. The number of nitrogen functional groups attached to an aromatic ring is 1. The molecule has 0 bridgehead atoms. The number of nitrogens with one attached hydrogen (secondary N) is 1. The molecule has 6 heteroatoms. The molecule has 0 fully saturated rings. The fourth-order valence-corrected chi connectivity index (χ4v) is 1.94. The van der Waals surface area contributed by atoms with Gasteiger partial charge in [0.2, 0.25) is 0 Å². The largest absolute Gasteiger partial charge is 0.497 e. The third-order valence-corrected chi connectivity index (χ3v) is 3.01. The highest BCUT2D eigenvalue weighted by molar-refractivity contribution is 5.55. The van der Waals surface area contributed by atoms with Crippen molar-refractivity contribution in [2.75, 3.05) is 25.3 Å². The SMILES string of the molecule is COc1ccc(CNc2c(F)cc(N)cc2F)c(OC)c1. The van der Waals surface area contributed by atoms with Crippen molar-refractivity contribution in [3.05, 3.63) is 47.5 Å². The Morgan fingerprint density at radius 3 is 2.29 bits per heavy atom. The van der Waals surface area contributed by atoms with Crippen LogP contribution in [0.5, 0.6) is 11.5 Å². The maximum Gasteiger partial charge on any atom is 0.151 e. The van der Waals surface area contributed by atoms with Crippen LogP contribution in [0, 0.1) is 11.6 Å². The lowest BCUT2D eigenvalue weighted by Gasteiger charge is -2.13. The van der Waals surface area contributed by atoms with Crippen molar-refractivity contribution in [2.45, 2.75) is 6.54 Å². The third kappa shape index (κ3) is 3.34. The normalized spacial score (nSPS) is 10.3. The highest BCUT2D eigenvalue weighted by Gasteiger charge is 2.11. The van der Waals surface area contributed by atoms with E-state index in [1.165, 1.54) is 7.11 Å². The van der Waals surface area contributed by atoms with E-state index in [4.69, 9.17) is 15.2 Å². The molecule has 0 radical (unpaired) electrons. The zero-order valence-electron chi connectivity index (χ0n) is 11.7. The van der Waals surface area contributed by atoms with Gasteiger partial charge < -0.3 is 20.5 Å². The molecule has 0 aromatic heterocycles. The molecular weight excluding hydrogens is 278 g/mol. The molecule has 0 saturated carbocycles. The lowest BCUT2D eigenvalue weighted by molar-refractivity contribution is 0.391. The smallest absolute Gasteiger partial charge is 0.151 e. The summed E-state index contributed by atoms with van der Waals surface area (Å²) in [6.07, 6.45) is 0. The number of hydrogen-bond acceptors (Lipinski definition) is 4. The fraction of sp³-hybridized carbons (Fsp3) is 0.200. The van der Waals surface area contributed by atoms with Crippen LogP contribution in [0.3, 0.4) is 0 Å². The van der Waals surface area contributed by atoms with Crippen molar-refractivity contribution in [3.63, 3.8) is 0 Å². The van der Waals surface area contributed by atoms with Crippen molar-refractivity contribution < 1.29 is 18.3 Å². The first kappa shape index (κ1) is 14.9. The summed E-state index contributed by atoms with van der Waals surface area (Å²) < 4.78 is 37.7. The summed E-state index contributed by atoms with van der Waals surface area (Å²) in [6, 6.07) is 7.34. The Morgan fingerprint density at radius 1 is 1.05 bits per heavy atom. The molecule has 112 valence electrons. The van der Waals surface area contributed by atoms with Gasteiger partial charge in [0.15, 0.2) is 11.6 Å². The Hall–Kier alpha value is -2.50. The van der Waals surface area contributed by atoms with Crippen LogP contribution in [0.2, 0.25) is 0 Å². The van der Waals surface area contributed by atoms with Crippen LogP contribution < -0.4 is 20.5 Å². The predicted octanol–water partition coefficient (Wildman–Crippen LogP) is 3.18. The van der Waals surface area contributed by atoms with Gasteiger partial charge >= 0.3 is 0 Å². The number of benzene rings is 2. The minimum absolute atomic E-state index is 0.0394. The topological polar surface area (TPSA) is 56.5 Å². The second-order valence-electron chi connectivity index (χ2n) is 4.39. The molecule has 4 nitrogen and oxygen atoms in total. The van der Waals surface area contributed by atoms with Gasteiger partial charge in [-0.3, -0.25) is 0 Å². The van der Waals surface area contributed by atoms with Crippen molar-refractivity contribution in [1.82, 2.24) is 0 Å². The quantitative estimate of drug-likeness (QED) is 0.832. The number of rotatable bonds is 5. The van der Waals surface area contributed by atoms with Gasteiger partial charge in [0.1, 0.15) is 17.2 Å². The molecule has 0 heterocycles. The van der Waals surface area contributed by atoms with Crippen LogP contribution in [-0.4, -0.2) is 14.2 Å². The molecule has 0 atom stereocenters. The standard InChI is InChI=1S/C15H16F2N2O2/c1-20-11-4-3-9(14(7-11)21-2)8-19-15-12(16)5-10(18)6-13(15)17/h3-7,19H,8,18H2,1-2H3. The molecule has 0 spiro atoms. The van der Waals surface area contributed by atoms with Gasteiger partial charge in [-0.05, 0) is 24.3 Å². The zero-order chi connectivity index (χ0) is 15.4. The van der Waals surface area contributed by atoms with Crippen LogP contribution >= 0.6 is 0 Å². The maximum atomic E-state index is 13.7. The summed E-state index contributed by atoms with van der Waals surface area (Å²) in [7, 11) is 3.06. The van der Waals surface area contributed by atoms with E-state index >= 15 is 0 Å². The molecule has 2 aromatic rings. The first-order chi connectivity index (χ1) is 10.0. The van der Waals surface area contributed by atoms with Crippen LogP contribution in [0.4, 0.5) is 20.2 Å². The zero-order valence-corrected chi connectivity index (χ0v) is 11.7. The lowest BCUT2D eigenvalue weighted by Crippen LogP contribution is -2.06. The molecule has 2 aromatic carbocycles. The van der Waals surface area contributed by atoms with Gasteiger partial charge in [-0.1, -0.05) is 0 Å². The summed E-state index contributed by atoms with van der Waals surface area (Å²) in [5.74, 6) is -0.265. The molecule has 0 amide bonds. The molecule has 3 N–H and O–H groups in total. The molecule has 21 heavy (non-hydrogen) atoms. The number of hydrogen-bond donors (Lipinski definition) is 2. The first-order valence-electron chi connectivity index (χ1n) is 6.24. The van der Waals surface area contributed by atoms with E-state index in [9.17, 15) is 8.78 Å². The van der Waals surface area contributed by atoms with Crippen LogP contribution in [0.25, 0.3) is 0 Å². The van der Waals surface area contributed by atoms with Gasteiger partial charge in [0.25, 0.3) is 0 Å². The van der Waals surface area contributed by atoms with E-state index in [2.05, 4.69) is 5.32 Å². The van der Waals surface area contributed by atoms with Gasteiger partial charge in [0.05, 0.1) is 14.2 Å². The number of halogens is 2. The second-order valence-corrected chi connectivity index (χ2v) is 4.39. The Balaban J connectivity index is 2.20. The van der Waals surface area contributed by atoms with Gasteiger partial charge in [-0.2, -0.15) is 0 Å². The van der Waals surface area contributed by atoms with Crippen LogP contribution in [0.1, 0.15) is 5.56 Å². The van der Waals surface area contributed by atoms with Crippen molar-refractivity contribution in [1.29, 1.82) is 0 Å². The first-order valence-corrected chi connectivity index (χ1v) is 6.24. The van der Waals surface area contributed by atoms with Gasteiger partial charge in [-0.25, -0.2) is 8.78 Å². The van der Waals surface area contributed by atoms with Crippen molar-refractivity contribution >= 4 is 11.4 Å². The predicted molar refractivity (Wildman–Crippen MR) is 77.6 cm³/mol. The summed E-state index contributed by atoms with van der Waals surface area (Å²) in [6.45, 7) is 0.199. The summed E-state index contributed by atoms with van der Waals surface area (Å²) in [5, 5.41) is 2.71. The monoisotopic (exact) mass is 294 g/mol. The van der Waals surface area contributed by atoms with E-state index < -0.39 is 11.6 Å². The Morgan fingerprint density at radius 2 is 1.71 bits per heavy atom. The highest BCUT2D eigenvalue weighted by atomic mass is 19.1. The molecule has 0 saturated heterocycles. The Labute approximate surface area is 121 Å². The second kappa shape index (κ2) is 6.30. The lowest BCUT2D eigenvalue weighted by atomic mass is 10.1. The average Bonchev–Trinajstić information content (AvgIpc) is 2.46. The van der Waals surface area contributed by atoms with Crippen LogP contribution in [0.15, 0.2) is 30.3 Å². The molecule has 0 aliphatic rings. The highest BCUT2D eigenvalue weighted by Crippen LogP contribution is 2.27. The Kier molecular flexibility index (Phi) is 4.47. The molecule has 0 aliphatic carbocycles. The molecular formula is C15H16F2N2O2. The molecule has 2 rings (SSSR count). The van der Waals surface area contributed by atoms with Gasteiger partial charge in [-0.15, -0.1) is 0 Å². The van der Waals surface area contributed by atoms with Gasteiger partial charge in [0, 0.05) is 23.9 Å². The minimum atomic E-state index is -0.736. The molecule has 0 aliphatic heterocycles. The van der Waals surface area contributed by atoms with Crippen molar-refractivity contribution in [3.8, 4) is 11.5 Å². The minimum Gasteiger partial charge on any atom is -0.497 e.